The fourth-order valence-electron chi connectivity index (χ4n) is 3.70. The molecule has 0 spiro atoms. The van der Waals surface area contributed by atoms with E-state index in [9.17, 15) is 14.4 Å². The van der Waals surface area contributed by atoms with Gasteiger partial charge in [0.25, 0.3) is 0 Å². The highest BCUT2D eigenvalue weighted by Crippen LogP contribution is 2.22. The van der Waals surface area contributed by atoms with Crippen LogP contribution in [0.3, 0.4) is 0 Å². The Hall–Kier alpha value is -1.83. The zero-order valence-electron chi connectivity index (χ0n) is 18.0. The summed E-state index contributed by atoms with van der Waals surface area (Å²) in [5.41, 5.74) is -0.767. The number of nitrogens with one attached hydrogen (secondary N) is 2. The third-order valence-electron chi connectivity index (χ3n) is 5.05. The molecule has 0 bridgehead atoms. The first-order valence-electron chi connectivity index (χ1n) is 10.8. The van der Waals surface area contributed by atoms with Crippen LogP contribution < -0.4 is 10.6 Å². The smallest absolute Gasteiger partial charge is 0.408 e. The first kappa shape index (κ1) is 25.2. The van der Waals surface area contributed by atoms with Crippen LogP contribution in [0.25, 0.3) is 0 Å². The summed E-state index contributed by atoms with van der Waals surface area (Å²) in [6, 6.07) is 0.251. The Morgan fingerprint density at radius 2 is 1.34 bits per heavy atom. The second kappa shape index (κ2) is 12.7. The molecule has 2 aliphatic carbocycles. The van der Waals surface area contributed by atoms with Crippen LogP contribution in [0.5, 0.6) is 0 Å². The second-order valence-corrected chi connectivity index (χ2v) is 8.97. The van der Waals surface area contributed by atoms with Crippen molar-refractivity contribution in [3.63, 3.8) is 0 Å². The van der Waals surface area contributed by atoms with Crippen LogP contribution in [0.1, 0.15) is 91.4 Å². The number of hydrogen-bond acceptors (Lipinski definition) is 5. The highest BCUT2D eigenvalue weighted by molar-refractivity contribution is 5.84. The van der Waals surface area contributed by atoms with E-state index in [1.807, 2.05) is 5.32 Å². The van der Waals surface area contributed by atoms with Crippen LogP contribution in [0.15, 0.2) is 0 Å². The van der Waals surface area contributed by atoms with E-state index in [0.29, 0.717) is 0 Å². The second-order valence-electron chi connectivity index (χ2n) is 8.97. The Kier molecular flexibility index (Phi) is 11.0. The lowest BCUT2D eigenvalue weighted by molar-refractivity contribution is -0.145. The summed E-state index contributed by atoms with van der Waals surface area (Å²) in [7, 11) is 0. The molecule has 0 aromatic carbocycles. The van der Waals surface area contributed by atoms with Crippen LogP contribution in [-0.2, 0) is 14.3 Å². The minimum atomic E-state index is -1.49. The van der Waals surface area contributed by atoms with Gasteiger partial charge in [0.2, 0.25) is 0 Å². The molecule has 8 heteroatoms. The molecular formula is C21H38N2O6. The van der Waals surface area contributed by atoms with Crippen molar-refractivity contribution in [2.24, 2.45) is 0 Å². The lowest BCUT2D eigenvalue weighted by Crippen LogP contribution is -2.44. The molecule has 0 unspecified atom stereocenters. The van der Waals surface area contributed by atoms with Gasteiger partial charge in [-0.2, -0.15) is 0 Å². The van der Waals surface area contributed by atoms with Gasteiger partial charge in [-0.05, 0) is 46.5 Å². The first-order valence-corrected chi connectivity index (χ1v) is 10.8. The van der Waals surface area contributed by atoms with E-state index < -0.39 is 36.1 Å². The molecule has 0 heterocycles. The Labute approximate surface area is 173 Å². The van der Waals surface area contributed by atoms with Crippen molar-refractivity contribution in [3.05, 3.63) is 0 Å². The number of ether oxygens (including phenoxy) is 1. The van der Waals surface area contributed by atoms with Crippen molar-refractivity contribution in [1.82, 2.24) is 10.6 Å². The van der Waals surface area contributed by atoms with Crippen molar-refractivity contribution < 1.29 is 29.3 Å². The van der Waals surface area contributed by atoms with Crippen molar-refractivity contribution >= 4 is 18.0 Å². The minimum absolute atomic E-state index is 0.700. The highest BCUT2D eigenvalue weighted by atomic mass is 16.6. The standard InChI is InChI=1S/C12H23N.C9H15NO6/c1-3-7-11(8-4-1)13-12-9-5-2-6-10-12;1-9(2,3)16-8(15)10-5(7(13)14)4-6(11)12/h11-13H,1-10H2;5H,4H2,1-3H3,(H,10,15)(H,11,12)(H,13,14)/t;5-/m.0/s1. The van der Waals surface area contributed by atoms with Gasteiger partial charge in [-0.1, -0.05) is 38.5 Å². The predicted molar refractivity (Wildman–Crippen MR) is 110 cm³/mol. The topological polar surface area (TPSA) is 125 Å². The average molecular weight is 415 g/mol. The van der Waals surface area contributed by atoms with E-state index in [4.69, 9.17) is 14.9 Å². The monoisotopic (exact) mass is 414 g/mol. The van der Waals surface area contributed by atoms with E-state index in [1.54, 1.807) is 20.8 Å². The third kappa shape index (κ3) is 12.4. The highest BCUT2D eigenvalue weighted by Gasteiger charge is 2.26. The van der Waals surface area contributed by atoms with Crippen molar-refractivity contribution in [2.45, 2.75) is 115 Å². The van der Waals surface area contributed by atoms with Crippen LogP contribution in [-0.4, -0.2) is 52.0 Å². The lowest BCUT2D eigenvalue weighted by Gasteiger charge is -2.30. The summed E-state index contributed by atoms with van der Waals surface area (Å²) in [5.74, 6) is -2.74. The summed E-state index contributed by atoms with van der Waals surface area (Å²) in [6.07, 6.45) is 12.9. The summed E-state index contributed by atoms with van der Waals surface area (Å²) >= 11 is 0. The molecule has 8 nitrogen and oxygen atoms in total. The molecule has 2 fully saturated rings. The molecule has 2 rings (SSSR count). The minimum Gasteiger partial charge on any atom is -0.481 e. The Bertz CT molecular complexity index is 504. The fourth-order valence-corrected chi connectivity index (χ4v) is 3.70. The predicted octanol–water partition coefficient (Wildman–Crippen LogP) is 3.68. The maximum absolute atomic E-state index is 11.2. The lowest BCUT2D eigenvalue weighted by atomic mass is 9.91. The number of carboxylic acid groups (broad SMARTS) is 2. The quantitative estimate of drug-likeness (QED) is 0.522. The molecule has 0 saturated heterocycles. The zero-order valence-corrected chi connectivity index (χ0v) is 18.0. The van der Waals surface area contributed by atoms with Gasteiger partial charge in [0.15, 0.2) is 0 Å². The number of carboxylic acids is 2. The average Bonchev–Trinajstić information content (AvgIpc) is 2.61. The number of amides is 1. The third-order valence-corrected chi connectivity index (χ3v) is 5.05. The molecule has 0 aromatic heterocycles. The number of carbonyl (C=O) groups is 3. The van der Waals surface area contributed by atoms with Crippen LogP contribution >= 0.6 is 0 Å². The van der Waals surface area contributed by atoms with E-state index in [1.165, 1.54) is 64.2 Å². The summed E-state index contributed by atoms with van der Waals surface area (Å²) < 4.78 is 4.79. The Morgan fingerprint density at radius 1 is 0.897 bits per heavy atom. The van der Waals surface area contributed by atoms with Gasteiger partial charge < -0.3 is 25.6 Å². The number of carbonyl (C=O) groups excluding carboxylic acids is 1. The Morgan fingerprint density at radius 3 is 1.69 bits per heavy atom. The number of hydrogen-bond donors (Lipinski definition) is 4. The molecule has 0 aliphatic heterocycles. The number of alkyl carbamates (subject to hydrolysis) is 1. The van der Waals surface area contributed by atoms with E-state index >= 15 is 0 Å². The maximum Gasteiger partial charge on any atom is 0.408 e. The Balaban J connectivity index is 0.000000294. The number of aliphatic carboxylic acids is 2. The van der Waals surface area contributed by atoms with Crippen molar-refractivity contribution in [1.29, 1.82) is 0 Å². The van der Waals surface area contributed by atoms with Gasteiger partial charge in [0.1, 0.15) is 11.6 Å². The molecule has 1 amide bonds. The van der Waals surface area contributed by atoms with Gasteiger partial charge >= 0.3 is 18.0 Å². The van der Waals surface area contributed by atoms with Gasteiger partial charge in [0, 0.05) is 12.1 Å². The first-order chi connectivity index (χ1) is 13.6. The molecule has 2 saturated carbocycles. The van der Waals surface area contributed by atoms with Gasteiger partial charge in [0.05, 0.1) is 6.42 Å². The van der Waals surface area contributed by atoms with Crippen molar-refractivity contribution in [2.75, 3.05) is 0 Å². The van der Waals surface area contributed by atoms with Gasteiger partial charge in [-0.25, -0.2) is 9.59 Å². The van der Waals surface area contributed by atoms with E-state index in [0.717, 1.165) is 12.1 Å². The maximum atomic E-state index is 11.2. The molecule has 4 N–H and O–H groups in total. The largest absolute Gasteiger partial charge is 0.481 e. The van der Waals surface area contributed by atoms with Crippen LogP contribution in [0, 0.1) is 0 Å². The summed E-state index contributed by atoms with van der Waals surface area (Å²) in [5, 5.41) is 22.9. The summed E-state index contributed by atoms with van der Waals surface area (Å²) in [4.78, 5) is 32.1. The molecule has 168 valence electrons. The van der Waals surface area contributed by atoms with E-state index in [2.05, 4.69) is 5.32 Å². The van der Waals surface area contributed by atoms with E-state index in [-0.39, 0.29) is 0 Å². The molecule has 29 heavy (non-hydrogen) atoms. The zero-order chi connectivity index (χ0) is 21.9. The van der Waals surface area contributed by atoms with Crippen LogP contribution in [0.2, 0.25) is 0 Å². The molecule has 0 radical (unpaired) electrons. The van der Waals surface area contributed by atoms with Crippen molar-refractivity contribution in [3.8, 4) is 0 Å². The van der Waals surface area contributed by atoms with Gasteiger partial charge in [-0.15, -0.1) is 0 Å². The molecule has 0 aromatic rings. The van der Waals surface area contributed by atoms with Gasteiger partial charge in [-0.3, -0.25) is 4.79 Å². The number of rotatable bonds is 6. The molecule has 1 atom stereocenters. The summed E-state index contributed by atoms with van der Waals surface area (Å²) in [6.45, 7) is 4.83. The molecule has 2 aliphatic rings. The van der Waals surface area contributed by atoms with Crippen LogP contribution in [0.4, 0.5) is 4.79 Å². The normalized spacial score (nSPS) is 19.4. The fraction of sp³-hybridized carbons (Fsp3) is 0.857. The SMILES string of the molecule is C1CCC(NC2CCCCC2)CC1.CC(C)(C)OC(=O)N[C@@H](CC(=O)O)C(=O)O. The molecular weight excluding hydrogens is 376 g/mol.